The largest absolute Gasteiger partial charge is 0.497 e. The van der Waals surface area contributed by atoms with E-state index in [1.54, 1.807) is 45.5 Å². The molecule has 0 fully saturated rings. The number of hydrogen-bond acceptors (Lipinski definition) is 4. The van der Waals surface area contributed by atoms with Crippen LogP contribution in [0.4, 0.5) is 0 Å². The molecule has 136 valence electrons. The van der Waals surface area contributed by atoms with Gasteiger partial charge in [-0.25, -0.2) is 0 Å². The van der Waals surface area contributed by atoms with E-state index in [0.717, 1.165) is 0 Å². The number of guanidine groups is 1. The van der Waals surface area contributed by atoms with E-state index in [1.165, 1.54) is 0 Å². The SMILES string of the molecule is CN=C(NCCNC(=O)c1cccc(OC)c1)NC(C)COC.I. The number of methoxy groups -OCH3 is 2. The van der Waals surface area contributed by atoms with Gasteiger partial charge in [0, 0.05) is 38.9 Å². The molecule has 0 aliphatic heterocycles. The van der Waals surface area contributed by atoms with Gasteiger partial charge >= 0.3 is 0 Å². The van der Waals surface area contributed by atoms with Crippen molar-refractivity contribution in [3.63, 3.8) is 0 Å². The van der Waals surface area contributed by atoms with Crippen LogP contribution in [0.5, 0.6) is 5.75 Å². The van der Waals surface area contributed by atoms with Crippen molar-refractivity contribution in [2.75, 3.05) is 41.0 Å². The molecule has 0 saturated carbocycles. The number of nitrogens with zero attached hydrogens (tertiary/aromatic N) is 1. The summed E-state index contributed by atoms with van der Waals surface area (Å²) in [6, 6.07) is 7.19. The molecular weight excluding hydrogens is 423 g/mol. The van der Waals surface area contributed by atoms with Gasteiger partial charge in [-0.1, -0.05) is 6.07 Å². The highest BCUT2D eigenvalue weighted by Gasteiger charge is 2.07. The molecule has 0 radical (unpaired) electrons. The Morgan fingerprint density at radius 1 is 1.25 bits per heavy atom. The van der Waals surface area contributed by atoms with Crippen molar-refractivity contribution in [1.82, 2.24) is 16.0 Å². The first-order valence-corrected chi connectivity index (χ1v) is 7.49. The minimum Gasteiger partial charge on any atom is -0.497 e. The molecule has 0 saturated heterocycles. The van der Waals surface area contributed by atoms with Crippen LogP contribution in [0.25, 0.3) is 0 Å². The van der Waals surface area contributed by atoms with Gasteiger partial charge in [0.15, 0.2) is 5.96 Å². The molecule has 0 heterocycles. The second-order valence-corrected chi connectivity index (χ2v) is 4.99. The van der Waals surface area contributed by atoms with Gasteiger partial charge in [0.1, 0.15) is 5.75 Å². The summed E-state index contributed by atoms with van der Waals surface area (Å²) in [5.41, 5.74) is 0.570. The topological polar surface area (TPSA) is 84.0 Å². The van der Waals surface area contributed by atoms with E-state index in [1.807, 2.05) is 6.92 Å². The van der Waals surface area contributed by atoms with Crippen molar-refractivity contribution >= 4 is 35.8 Å². The Balaban J connectivity index is 0.00000529. The molecule has 0 spiro atoms. The summed E-state index contributed by atoms with van der Waals surface area (Å²) < 4.78 is 10.2. The first kappa shape index (κ1) is 22.4. The number of halogens is 1. The van der Waals surface area contributed by atoms with Crippen molar-refractivity contribution in [3.8, 4) is 5.75 Å². The number of carbonyl (C=O) groups excluding carboxylic acids is 1. The van der Waals surface area contributed by atoms with Gasteiger partial charge < -0.3 is 25.4 Å². The van der Waals surface area contributed by atoms with Crippen LogP contribution in [-0.4, -0.2) is 58.9 Å². The molecule has 7 nitrogen and oxygen atoms in total. The van der Waals surface area contributed by atoms with E-state index in [9.17, 15) is 4.79 Å². The fraction of sp³-hybridized carbons (Fsp3) is 0.500. The van der Waals surface area contributed by atoms with Crippen molar-refractivity contribution < 1.29 is 14.3 Å². The number of nitrogens with one attached hydrogen (secondary N) is 3. The van der Waals surface area contributed by atoms with Gasteiger partial charge in [0.2, 0.25) is 0 Å². The minimum absolute atomic E-state index is 0. The van der Waals surface area contributed by atoms with Crippen LogP contribution in [0.3, 0.4) is 0 Å². The Morgan fingerprint density at radius 2 is 1.96 bits per heavy atom. The van der Waals surface area contributed by atoms with Gasteiger partial charge in [-0.15, -0.1) is 24.0 Å². The lowest BCUT2D eigenvalue weighted by Crippen LogP contribution is -2.46. The lowest BCUT2D eigenvalue weighted by atomic mass is 10.2. The fourth-order valence-corrected chi connectivity index (χ4v) is 1.94. The normalized spacial score (nSPS) is 11.9. The van der Waals surface area contributed by atoms with Crippen molar-refractivity contribution in [2.24, 2.45) is 4.99 Å². The number of ether oxygens (including phenoxy) is 2. The predicted octanol–water partition coefficient (Wildman–Crippen LogP) is 1.24. The van der Waals surface area contributed by atoms with Gasteiger partial charge in [0.05, 0.1) is 13.7 Å². The maximum atomic E-state index is 12.0. The molecule has 1 unspecified atom stereocenters. The van der Waals surface area contributed by atoms with Crippen LogP contribution >= 0.6 is 24.0 Å². The minimum atomic E-state index is -0.138. The Hall–Kier alpha value is -1.55. The van der Waals surface area contributed by atoms with E-state index in [4.69, 9.17) is 9.47 Å². The maximum absolute atomic E-state index is 12.0. The summed E-state index contributed by atoms with van der Waals surface area (Å²) in [5, 5.41) is 9.16. The molecule has 0 aliphatic rings. The summed E-state index contributed by atoms with van der Waals surface area (Å²) in [6.45, 7) is 3.64. The van der Waals surface area contributed by atoms with Gasteiger partial charge in [0.25, 0.3) is 5.91 Å². The summed E-state index contributed by atoms with van der Waals surface area (Å²) in [7, 11) is 4.93. The molecule has 1 amide bonds. The Kier molecular flexibility index (Phi) is 12.0. The molecule has 0 aliphatic carbocycles. The lowest BCUT2D eigenvalue weighted by molar-refractivity contribution is 0.0954. The number of carbonyl (C=O) groups is 1. The van der Waals surface area contributed by atoms with Crippen molar-refractivity contribution in [2.45, 2.75) is 13.0 Å². The molecular formula is C16H27IN4O3. The molecule has 1 aromatic carbocycles. The zero-order chi connectivity index (χ0) is 17.1. The summed E-state index contributed by atoms with van der Waals surface area (Å²) in [4.78, 5) is 16.2. The van der Waals surface area contributed by atoms with Gasteiger partial charge in [-0.2, -0.15) is 0 Å². The van der Waals surface area contributed by atoms with Crippen molar-refractivity contribution in [1.29, 1.82) is 0 Å². The average Bonchev–Trinajstić information content (AvgIpc) is 2.57. The fourth-order valence-electron chi connectivity index (χ4n) is 1.94. The molecule has 8 heteroatoms. The number of rotatable bonds is 8. The third-order valence-electron chi connectivity index (χ3n) is 3.06. The number of hydrogen-bond donors (Lipinski definition) is 3. The van der Waals surface area contributed by atoms with Crippen molar-refractivity contribution in [3.05, 3.63) is 29.8 Å². The van der Waals surface area contributed by atoms with Gasteiger partial charge in [-0.3, -0.25) is 9.79 Å². The van der Waals surface area contributed by atoms with E-state index in [2.05, 4.69) is 20.9 Å². The highest BCUT2D eigenvalue weighted by atomic mass is 127. The standard InChI is InChI=1S/C16H26N4O3.HI/c1-12(11-22-3)20-16(17-2)19-9-8-18-15(21)13-6-5-7-14(10-13)23-4;/h5-7,10,12H,8-9,11H2,1-4H3,(H,18,21)(H2,17,19,20);1H. The quantitative estimate of drug-likeness (QED) is 0.240. The van der Waals surface area contributed by atoms with E-state index in [-0.39, 0.29) is 35.9 Å². The highest BCUT2D eigenvalue weighted by Crippen LogP contribution is 2.11. The number of amides is 1. The molecule has 3 N–H and O–H groups in total. The highest BCUT2D eigenvalue weighted by molar-refractivity contribution is 14.0. The summed E-state index contributed by atoms with van der Waals surface area (Å²) >= 11 is 0. The average molecular weight is 450 g/mol. The summed E-state index contributed by atoms with van der Waals surface area (Å²) in [5.74, 6) is 1.19. The Bertz CT molecular complexity index is 526. The van der Waals surface area contributed by atoms with Crippen LogP contribution in [0.2, 0.25) is 0 Å². The smallest absolute Gasteiger partial charge is 0.251 e. The molecule has 0 bridgehead atoms. The van der Waals surface area contributed by atoms with Crippen LogP contribution < -0.4 is 20.7 Å². The molecule has 24 heavy (non-hydrogen) atoms. The van der Waals surface area contributed by atoms with E-state index >= 15 is 0 Å². The maximum Gasteiger partial charge on any atom is 0.251 e. The van der Waals surface area contributed by atoms with Crippen LogP contribution in [0.1, 0.15) is 17.3 Å². The Morgan fingerprint density at radius 3 is 2.58 bits per heavy atom. The van der Waals surface area contributed by atoms with E-state index in [0.29, 0.717) is 37.0 Å². The van der Waals surface area contributed by atoms with E-state index < -0.39 is 0 Å². The second kappa shape index (κ2) is 12.8. The van der Waals surface area contributed by atoms with Crippen LogP contribution in [0, 0.1) is 0 Å². The molecule has 0 aromatic heterocycles. The van der Waals surface area contributed by atoms with Crippen LogP contribution in [0.15, 0.2) is 29.3 Å². The first-order valence-electron chi connectivity index (χ1n) is 7.49. The van der Waals surface area contributed by atoms with Gasteiger partial charge in [-0.05, 0) is 25.1 Å². The molecule has 1 aromatic rings. The third kappa shape index (κ3) is 8.34. The Labute approximate surface area is 160 Å². The van der Waals surface area contributed by atoms with Crippen LogP contribution in [-0.2, 0) is 4.74 Å². The molecule has 1 rings (SSSR count). The predicted molar refractivity (Wildman–Crippen MR) is 107 cm³/mol. The number of benzene rings is 1. The zero-order valence-corrected chi connectivity index (χ0v) is 16.9. The third-order valence-corrected chi connectivity index (χ3v) is 3.06. The number of aliphatic imine (C=N–C) groups is 1. The zero-order valence-electron chi connectivity index (χ0n) is 14.6. The first-order chi connectivity index (χ1) is 11.1. The second-order valence-electron chi connectivity index (χ2n) is 4.99. The monoisotopic (exact) mass is 450 g/mol. The lowest BCUT2D eigenvalue weighted by Gasteiger charge is -2.17. The summed E-state index contributed by atoms with van der Waals surface area (Å²) in [6.07, 6.45) is 0. The molecule has 1 atom stereocenters.